The van der Waals surface area contributed by atoms with Gasteiger partial charge in [-0.2, -0.15) is 0 Å². The SMILES string of the molecule is CC(=O)c1ccc(N2CCC(CO)CC2)cc1Br. The summed E-state index contributed by atoms with van der Waals surface area (Å²) in [5.74, 6) is 0.522. The first kappa shape index (κ1) is 13.6. The van der Waals surface area contributed by atoms with E-state index in [4.69, 9.17) is 5.11 Å². The molecule has 1 aliphatic rings. The monoisotopic (exact) mass is 311 g/mol. The van der Waals surface area contributed by atoms with Gasteiger partial charge in [-0.1, -0.05) is 0 Å². The Morgan fingerprint density at radius 3 is 2.61 bits per heavy atom. The van der Waals surface area contributed by atoms with Crippen molar-refractivity contribution in [3.63, 3.8) is 0 Å². The third-order valence-corrected chi connectivity index (χ3v) is 4.23. The molecular formula is C14H18BrNO2. The van der Waals surface area contributed by atoms with Gasteiger partial charge in [-0.25, -0.2) is 0 Å². The predicted molar refractivity (Wildman–Crippen MR) is 76.2 cm³/mol. The zero-order valence-electron chi connectivity index (χ0n) is 10.5. The van der Waals surface area contributed by atoms with E-state index >= 15 is 0 Å². The van der Waals surface area contributed by atoms with Crippen molar-refractivity contribution >= 4 is 27.4 Å². The fourth-order valence-electron chi connectivity index (χ4n) is 2.36. The number of aliphatic hydroxyl groups is 1. The predicted octanol–water partition coefficient (Wildman–Crippen LogP) is 2.86. The molecule has 0 amide bonds. The Bertz CT molecular complexity index is 439. The first-order valence-electron chi connectivity index (χ1n) is 6.28. The van der Waals surface area contributed by atoms with Crippen LogP contribution in [-0.2, 0) is 0 Å². The molecule has 1 N–H and O–H groups in total. The molecule has 1 aromatic carbocycles. The molecule has 0 radical (unpaired) electrons. The Kier molecular flexibility index (Phi) is 4.40. The topological polar surface area (TPSA) is 40.5 Å². The maximum absolute atomic E-state index is 11.4. The molecule has 3 nitrogen and oxygen atoms in total. The summed E-state index contributed by atoms with van der Waals surface area (Å²) in [5.41, 5.74) is 1.87. The van der Waals surface area contributed by atoms with Crippen LogP contribution in [0.25, 0.3) is 0 Å². The Hall–Kier alpha value is -0.870. The van der Waals surface area contributed by atoms with E-state index in [1.165, 1.54) is 0 Å². The molecule has 0 atom stereocenters. The lowest BCUT2D eigenvalue weighted by Gasteiger charge is -2.33. The van der Waals surface area contributed by atoms with Crippen LogP contribution in [-0.4, -0.2) is 30.6 Å². The minimum absolute atomic E-state index is 0.0763. The molecule has 0 bridgehead atoms. The van der Waals surface area contributed by atoms with E-state index in [0.29, 0.717) is 12.5 Å². The van der Waals surface area contributed by atoms with E-state index in [2.05, 4.69) is 20.8 Å². The number of carbonyl (C=O) groups excluding carboxylic acids is 1. The number of ketones is 1. The summed E-state index contributed by atoms with van der Waals surface area (Å²) in [6.07, 6.45) is 2.06. The van der Waals surface area contributed by atoms with Crippen LogP contribution in [0.1, 0.15) is 30.1 Å². The molecule has 0 unspecified atom stereocenters. The third kappa shape index (κ3) is 2.93. The molecule has 2 rings (SSSR count). The number of hydrogen-bond donors (Lipinski definition) is 1. The molecule has 18 heavy (non-hydrogen) atoms. The number of anilines is 1. The van der Waals surface area contributed by atoms with Crippen molar-refractivity contribution in [1.82, 2.24) is 0 Å². The molecule has 1 fully saturated rings. The fraction of sp³-hybridized carbons (Fsp3) is 0.500. The van der Waals surface area contributed by atoms with Gasteiger partial charge in [-0.3, -0.25) is 4.79 Å². The van der Waals surface area contributed by atoms with E-state index in [9.17, 15) is 4.79 Å². The molecule has 1 heterocycles. The summed E-state index contributed by atoms with van der Waals surface area (Å²) in [7, 11) is 0. The third-order valence-electron chi connectivity index (χ3n) is 3.57. The average molecular weight is 312 g/mol. The highest BCUT2D eigenvalue weighted by atomic mass is 79.9. The lowest BCUT2D eigenvalue weighted by molar-refractivity contribution is 0.101. The molecular weight excluding hydrogens is 294 g/mol. The number of piperidine rings is 1. The van der Waals surface area contributed by atoms with Gasteiger partial charge in [0, 0.05) is 35.4 Å². The van der Waals surface area contributed by atoms with Gasteiger partial charge in [-0.15, -0.1) is 0 Å². The van der Waals surface area contributed by atoms with Gasteiger partial charge in [0.15, 0.2) is 5.78 Å². The van der Waals surface area contributed by atoms with Crippen LogP contribution in [0.5, 0.6) is 0 Å². The van der Waals surface area contributed by atoms with E-state index in [1.54, 1.807) is 6.92 Å². The van der Waals surface area contributed by atoms with Crippen LogP contribution in [0, 0.1) is 5.92 Å². The van der Waals surface area contributed by atoms with Crippen LogP contribution < -0.4 is 4.90 Å². The summed E-state index contributed by atoms with van der Waals surface area (Å²) in [6.45, 7) is 3.81. The Morgan fingerprint density at radius 1 is 1.44 bits per heavy atom. The van der Waals surface area contributed by atoms with Crippen LogP contribution >= 0.6 is 15.9 Å². The molecule has 1 aliphatic heterocycles. The minimum Gasteiger partial charge on any atom is -0.396 e. The van der Waals surface area contributed by atoms with Crippen molar-refractivity contribution in [3.05, 3.63) is 28.2 Å². The lowest BCUT2D eigenvalue weighted by Crippen LogP contribution is -2.34. The molecule has 0 aliphatic carbocycles. The van der Waals surface area contributed by atoms with Crippen LogP contribution in [0.2, 0.25) is 0 Å². The molecule has 1 saturated heterocycles. The van der Waals surface area contributed by atoms with Crippen molar-refractivity contribution in [2.45, 2.75) is 19.8 Å². The van der Waals surface area contributed by atoms with E-state index in [0.717, 1.165) is 41.7 Å². The second kappa shape index (κ2) is 5.85. The van der Waals surface area contributed by atoms with E-state index < -0.39 is 0 Å². The number of halogens is 1. The van der Waals surface area contributed by atoms with Gasteiger partial charge in [0.2, 0.25) is 0 Å². The molecule has 1 aromatic rings. The largest absolute Gasteiger partial charge is 0.396 e. The number of carbonyl (C=O) groups is 1. The first-order chi connectivity index (χ1) is 8.61. The van der Waals surface area contributed by atoms with Crippen LogP contribution in [0.4, 0.5) is 5.69 Å². The van der Waals surface area contributed by atoms with Gasteiger partial charge in [-0.05, 0) is 59.8 Å². The second-order valence-electron chi connectivity index (χ2n) is 4.83. The summed E-state index contributed by atoms with van der Waals surface area (Å²) in [5, 5.41) is 9.13. The second-order valence-corrected chi connectivity index (χ2v) is 5.69. The van der Waals surface area contributed by atoms with Gasteiger partial charge in [0.25, 0.3) is 0 Å². The number of rotatable bonds is 3. The molecule has 4 heteroatoms. The molecule has 0 saturated carbocycles. The number of nitrogens with zero attached hydrogens (tertiary/aromatic N) is 1. The Morgan fingerprint density at radius 2 is 2.11 bits per heavy atom. The maximum atomic E-state index is 11.4. The molecule has 0 aromatic heterocycles. The maximum Gasteiger partial charge on any atom is 0.160 e. The normalized spacial score (nSPS) is 16.9. The molecule has 98 valence electrons. The van der Waals surface area contributed by atoms with Crippen molar-refractivity contribution in [3.8, 4) is 0 Å². The fourth-order valence-corrected chi connectivity index (χ4v) is 3.01. The summed E-state index contributed by atoms with van der Waals surface area (Å²) in [4.78, 5) is 13.7. The highest BCUT2D eigenvalue weighted by Gasteiger charge is 2.19. The first-order valence-corrected chi connectivity index (χ1v) is 7.07. The van der Waals surface area contributed by atoms with E-state index in [-0.39, 0.29) is 5.78 Å². The Balaban J connectivity index is 2.11. The minimum atomic E-state index is 0.0763. The van der Waals surface area contributed by atoms with Gasteiger partial charge in [0.05, 0.1) is 0 Å². The highest BCUT2D eigenvalue weighted by molar-refractivity contribution is 9.10. The van der Waals surface area contributed by atoms with Crippen molar-refractivity contribution in [2.24, 2.45) is 5.92 Å². The smallest absolute Gasteiger partial charge is 0.160 e. The molecule has 0 spiro atoms. The highest BCUT2D eigenvalue weighted by Crippen LogP contribution is 2.27. The van der Waals surface area contributed by atoms with E-state index in [1.807, 2.05) is 18.2 Å². The zero-order chi connectivity index (χ0) is 13.1. The lowest BCUT2D eigenvalue weighted by atomic mass is 9.97. The average Bonchev–Trinajstić information content (AvgIpc) is 2.38. The zero-order valence-corrected chi connectivity index (χ0v) is 12.1. The van der Waals surface area contributed by atoms with Gasteiger partial charge >= 0.3 is 0 Å². The number of hydrogen-bond acceptors (Lipinski definition) is 3. The van der Waals surface area contributed by atoms with Gasteiger partial charge < -0.3 is 10.0 Å². The van der Waals surface area contributed by atoms with Crippen LogP contribution in [0.3, 0.4) is 0 Å². The standard InChI is InChI=1S/C14H18BrNO2/c1-10(18)13-3-2-12(8-14(13)15)16-6-4-11(9-17)5-7-16/h2-3,8,11,17H,4-7,9H2,1H3. The van der Waals surface area contributed by atoms with Gasteiger partial charge in [0.1, 0.15) is 0 Å². The Labute approximate surface area is 116 Å². The summed E-state index contributed by atoms with van der Waals surface area (Å²) in [6, 6.07) is 5.89. The number of Topliss-reactive ketones (excluding diaryl/α,β-unsaturated/α-hetero) is 1. The summed E-state index contributed by atoms with van der Waals surface area (Å²) >= 11 is 3.45. The quantitative estimate of drug-likeness (QED) is 0.873. The van der Waals surface area contributed by atoms with Crippen LogP contribution in [0.15, 0.2) is 22.7 Å². The number of aliphatic hydroxyl groups excluding tert-OH is 1. The van der Waals surface area contributed by atoms with Crippen molar-refractivity contribution < 1.29 is 9.90 Å². The number of benzene rings is 1. The summed E-state index contributed by atoms with van der Waals surface area (Å²) < 4.78 is 0.858. The van der Waals surface area contributed by atoms with Crippen molar-refractivity contribution in [1.29, 1.82) is 0 Å². The van der Waals surface area contributed by atoms with Crippen molar-refractivity contribution in [2.75, 3.05) is 24.6 Å².